The lowest BCUT2D eigenvalue weighted by Crippen LogP contribution is -2.50. The SMILES string of the molecule is CC(=O)Nc1nc2c(Oc3cc(-c4ccc(C(F)(F)F)cc4)nc(NC(C)(C)[C@@H]4CCCN4Cc4ccccc4)n3)cccc2s1. The van der Waals surface area contributed by atoms with Crippen molar-refractivity contribution in [2.24, 2.45) is 0 Å². The highest BCUT2D eigenvalue weighted by atomic mass is 32.1. The molecule has 1 amide bonds. The third-order valence-corrected chi connectivity index (χ3v) is 8.89. The van der Waals surface area contributed by atoms with E-state index in [2.05, 4.69) is 46.5 Å². The number of benzene rings is 3. The molecule has 5 aromatic rings. The molecule has 1 aliphatic heterocycles. The number of fused-ring (bicyclic) bond motifs is 1. The molecule has 0 radical (unpaired) electrons. The predicted molar refractivity (Wildman–Crippen MR) is 174 cm³/mol. The van der Waals surface area contributed by atoms with E-state index in [0.717, 1.165) is 42.8 Å². The Hall–Kier alpha value is -4.55. The predicted octanol–water partition coefficient (Wildman–Crippen LogP) is 8.38. The van der Waals surface area contributed by atoms with Crippen LogP contribution in [0.3, 0.4) is 0 Å². The van der Waals surface area contributed by atoms with Crippen LogP contribution in [0, 0.1) is 0 Å². The third-order valence-electron chi connectivity index (χ3n) is 7.95. The highest BCUT2D eigenvalue weighted by Gasteiger charge is 2.38. The van der Waals surface area contributed by atoms with Gasteiger partial charge < -0.3 is 15.4 Å². The Labute approximate surface area is 268 Å². The molecule has 8 nitrogen and oxygen atoms in total. The van der Waals surface area contributed by atoms with Crippen LogP contribution in [0.25, 0.3) is 21.5 Å². The van der Waals surface area contributed by atoms with E-state index in [4.69, 9.17) is 14.7 Å². The number of carbonyl (C=O) groups is 1. The van der Waals surface area contributed by atoms with E-state index in [1.54, 1.807) is 12.1 Å². The molecule has 12 heteroatoms. The van der Waals surface area contributed by atoms with Gasteiger partial charge in [-0.1, -0.05) is 59.9 Å². The molecule has 3 aromatic carbocycles. The molecule has 2 N–H and O–H groups in total. The normalized spacial score (nSPS) is 15.7. The average molecular weight is 647 g/mol. The summed E-state index contributed by atoms with van der Waals surface area (Å²) in [4.78, 5) is 28.0. The fraction of sp³-hybridized carbons (Fsp3) is 0.294. The van der Waals surface area contributed by atoms with Gasteiger partial charge in [-0.2, -0.15) is 18.2 Å². The summed E-state index contributed by atoms with van der Waals surface area (Å²) in [5.74, 6) is 0.657. The Morgan fingerprint density at radius 3 is 2.48 bits per heavy atom. The van der Waals surface area contributed by atoms with E-state index < -0.39 is 17.3 Å². The van der Waals surface area contributed by atoms with E-state index in [1.807, 2.05) is 30.3 Å². The van der Waals surface area contributed by atoms with Crippen LogP contribution in [0.15, 0.2) is 78.9 Å². The second kappa shape index (κ2) is 12.7. The molecule has 0 bridgehead atoms. The van der Waals surface area contributed by atoms with E-state index in [0.29, 0.717) is 27.7 Å². The summed E-state index contributed by atoms with van der Waals surface area (Å²) in [5, 5.41) is 6.67. The smallest absolute Gasteiger partial charge is 0.416 e. The first-order valence-electron chi connectivity index (χ1n) is 14.9. The van der Waals surface area contributed by atoms with Crippen molar-refractivity contribution in [1.29, 1.82) is 0 Å². The Bertz CT molecular complexity index is 1840. The minimum Gasteiger partial charge on any atom is -0.437 e. The number of likely N-dealkylation sites (tertiary alicyclic amines) is 1. The van der Waals surface area contributed by atoms with Gasteiger partial charge in [-0.3, -0.25) is 9.69 Å². The number of rotatable bonds is 9. The zero-order valence-corrected chi connectivity index (χ0v) is 26.4. The summed E-state index contributed by atoms with van der Waals surface area (Å²) in [6.45, 7) is 7.40. The molecule has 3 heterocycles. The van der Waals surface area contributed by atoms with Crippen LogP contribution in [0.5, 0.6) is 11.6 Å². The molecule has 46 heavy (non-hydrogen) atoms. The van der Waals surface area contributed by atoms with Crippen LogP contribution >= 0.6 is 11.3 Å². The summed E-state index contributed by atoms with van der Waals surface area (Å²) in [7, 11) is 0. The number of para-hydroxylation sites is 1. The molecular weight excluding hydrogens is 613 g/mol. The molecule has 1 atom stereocenters. The lowest BCUT2D eigenvalue weighted by atomic mass is 9.92. The lowest BCUT2D eigenvalue weighted by molar-refractivity contribution is -0.137. The minimum absolute atomic E-state index is 0.173. The maximum absolute atomic E-state index is 13.3. The van der Waals surface area contributed by atoms with E-state index >= 15 is 0 Å². The minimum atomic E-state index is -4.45. The van der Waals surface area contributed by atoms with Crippen LogP contribution in [0.1, 0.15) is 44.7 Å². The van der Waals surface area contributed by atoms with Crippen LogP contribution in [-0.2, 0) is 17.5 Å². The van der Waals surface area contributed by atoms with Crippen molar-refractivity contribution in [2.45, 2.75) is 57.9 Å². The fourth-order valence-electron chi connectivity index (χ4n) is 5.86. The number of thiazole rings is 1. The van der Waals surface area contributed by atoms with Crippen LogP contribution < -0.4 is 15.4 Å². The van der Waals surface area contributed by atoms with Gasteiger partial charge in [-0.15, -0.1) is 0 Å². The molecule has 1 fully saturated rings. The van der Waals surface area contributed by atoms with Crippen molar-refractivity contribution in [3.05, 3.63) is 90.0 Å². The van der Waals surface area contributed by atoms with Gasteiger partial charge in [0.05, 0.1) is 21.5 Å². The van der Waals surface area contributed by atoms with Crippen molar-refractivity contribution in [1.82, 2.24) is 19.9 Å². The zero-order chi connectivity index (χ0) is 32.5. The van der Waals surface area contributed by atoms with Crippen LogP contribution in [0.4, 0.5) is 24.3 Å². The molecule has 2 aromatic heterocycles. The maximum atomic E-state index is 13.3. The van der Waals surface area contributed by atoms with Crippen molar-refractivity contribution in [3.8, 4) is 22.9 Å². The van der Waals surface area contributed by atoms with Crippen molar-refractivity contribution < 1.29 is 22.7 Å². The van der Waals surface area contributed by atoms with Gasteiger partial charge in [0.15, 0.2) is 10.9 Å². The highest BCUT2D eigenvalue weighted by molar-refractivity contribution is 7.22. The highest BCUT2D eigenvalue weighted by Crippen LogP contribution is 2.37. The molecule has 0 unspecified atom stereocenters. The number of hydrogen-bond donors (Lipinski definition) is 2. The molecule has 0 saturated carbocycles. The number of nitrogens with zero attached hydrogens (tertiary/aromatic N) is 4. The van der Waals surface area contributed by atoms with Crippen molar-refractivity contribution in [3.63, 3.8) is 0 Å². The number of nitrogens with one attached hydrogen (secondary N) is 2. The molecule has 0 spiro atoms. The largest absolute Gasteiger partial charge is 0.437 e. The molecule has 0 aliphatic carbocycles. The average Bonchev–Trinajstić information content (AvgIpc) is 3.64. The Morgan fingerprint density at radius 2 is 1.76 bits per heavy atom. The van der Waals surface area contributed by atoms with Crippen molar-refractivity contribution in [2.75, 3.05) is 17.2 Å². The Balaban J connectivity index is 1.34. The maximum Gasteiger partial charge on any atom is 0.416 e. The number of ether oxygens (including phenoxy) is 1. The third kappa shape index (κ3) is 7.13. The van der Waals surface area contributed by atoms with E-state index in [9.17, 15) is 18.0 Å². The number of amides is 1. The first-order chi connectivity index (χ1) is 21.9. The molecule has 1 saturated heterocycles. The molecular formula is C34H33F3N6O2S. The Morgan fingerprint density at radius 1 is 1.00 bits per heavy atom. The van der Waals surface area contributed by atoms with Gasteiger partial charge in [-0.05, 0) is 63.1 Å². The number of hydrogen-bond acceptors (Lipinski definition) is 8. The van der Waals surface area contributed by atoms with Gasteiger partial charge in [0.2, 0.25) is 17.7 Å². The van der Waals surface area contributed by atoms with Gasteiger partial charge >= 0.3 is 6.18 Å². The number of carbonyl (C=O) groups excluding carboxylic acids is 1. The lowest BCUT2D eigenvalue weighted by Gasteiger charge is -2.38. The molecule has 1 aliphatic rings. The van der Waals surface area contributed by atoms with Crippen molar-refractivity contribution >= 4 is 38.5 Å². The first kappa shape index (κ1) is 31.4. The van der Waals surface area contributed by atoms with E-state index in [-0.39, 0.29) is 23.8 Å². The van der Waals surface area contributed by atoms with Gasteiger partial charge in [-0.25, -0.2) is 9.97 Å². The number of alkyl halides is 3. The fourth-order valence-corrected chi connectivity index (χ4v) is 6.78. The summed E-state index contributed by atoms with van der Waals surface area (Å²) in [5.41, 5.74) is 1.44. The van der Waals surface area contributed by atoms with E-state index in [1.165, 1.54) is 36.0 Å². The monoisotopic (exact) mass is 646 g/mol. The first-order valence-corrected chi connectivity index (χ1v) is 15.7. The Kier molecular flexibility index (Phi) is 8.67. The zero-order valence-electron chi connectivity index (χ0n) is 25.6. The number of anilines is 2. The standard InChI is InChI=1S/C34H33F3N6O2S/c1-21(44)38-32-41-30-26(11-7-12-27(30)46-32)45-29-19-25(23-14-16-24(17-15-23)34(35,36)37)39-31(40-29)42-33(2,3)28-13-8-18-43(28)20-22-9-5-4-6-10-22/h4-7,9-12,14-17,19,28H,8,13,18,20H2,1-3H3,(H,38,41,44)(H,39,40,42)/t28-/m0/s1. The van der Waals surface area contributed by atoms with Gasteiger partial charge in [0.1, 0.15) is 5.52 Å². The van der Waals surface area contributed by atoms with Gasteiger partial charge in [0.25, 0.3) is 0 Å². The summed E-state index contributed by atoms with van der Waals surface area (Å²) in [6.07, 6.45) is -2.41. The van der Waals surface area contributed by atoms with Gasteiger partial charge in [0, 0.05) is 31.1 Å². The molecule has 238 valence electrons. The summed E-state index contributed by atoms with van der Waals surface area (Å²) >= 11 is 1.31. The number of aromatic nitrogens is 3. The second-order valence-corrected chi connectivity index (χ2v) is 12.9. The summed E-state index contributed by atoms with van der Waals surface area (Å²) in [6, 6.07) is 22.4. The van der Waals surface area contributed by atoms with Crippen LogP contribution in [0.2, 0.25) is 0 Å². The topological polar surface area (TPSA) is 92.3 Å². The summed E-state index contributed by atoms with van der Waals surface area (Å²) < 4.78 is 47.0. The second-order valence-electron chi connectivity index (χ2n) is 11.9. The molecule has 6 rings (SSSR count). The number of halogens is 3. The van der Waals surface area contributed by atoms with Crippen LogP contribution in [-0.4, -0.2) is 43.9 Å². The quantitative estimate of drug-likeness (QED) is 0.166.